The van der Waals surface area contributed by atoms with Crippen molar-refractivity contribution in [3.05, 3.63) is 66.2 Å². The molecule has 2 rings (SSSR count). The Labute approximate surface area is 178 Å². The fourth-order valence-corrected chi connectivity index (χ4v) is 4.52. The second-order valence-electron chi connectivity index (χ2n) is 6.78. The summed E-state index contributed by atoms with van der Waals surface area (Å²) in [4.78, 5) is 14.9. The summed E-state index contributed by atoms with van der Waals surface area (Å²) < 4.78 is 27.7. The topological polar surface area (TPSA) is 78.5 Å². The van der Waals surface area contributed by atoms with Crippen LogP contribution in [0.3, 0.4) is 0 Å². The first kappa shape index (κ1) is 23.4. The first-order chi connectivity index (χ1) is 13.9. The molecular formula is C21H29N3O3S2. The molecule has 2 aromatic rings. The highest BCUT2D eigenvalue weighted by atomic mass is 32.2. The van der Waals surface area contributed by atoms with Crippen molar-refractivity contribution in [3.63, 3.8) is 0 Å². The lowest BCUT2D eigenvalue weighted by atomic mass is 10.2. The smallest absolute Gasteiger partial charge is 0.241 e. The van der Waals surface area contributed by atoms with E-state index in [-0.39, 0.29) is 10.8 Å². The Hall–Kier alpha value is -1.87. The molecule has 8 heteroatoms. The molecule has 1 atom stereocenters. The molecule has 1 amide bonds. The summed E-state index contributed by atoms with van der Waals surface area (Å²) in [5.41, 5.74) is 1.20. The first-order valence-electron chi connectivity index (χ1n) is 9.49. The molecule has 0 fully saturated rings. The van der Waals surface area contributed by atoms with Crippen molar-refractivity contribution < 1.29 is 13.2 Å². The minimum Gasteiger partial charge on any atom is -0.353 e. The molecule has 1 unspecified atom stereocenters. The Morgan fingerprint density at radius 2 is 1.69 bits per heavy atom. The van der Waals surface area contributed by atoms with Crippen molar-refractivity contribution in [2.75, 3.05) is 32.1 Å². The van der Waals surface area contributed by atoms with Crippen LogP contribution >= 0.6 is 11.8 Å². The summed E-state index contributed by atoms with van der Waals surface area (Å²) in [6.45, 7) is 1.90. The summed E-state index contributed by atoms with van der Waals surface area (Å²) in [5.74, 6) is 0.384. The molecule has 0 aromatic heterocycles. The summed E-state index contributed by atoms with van der Waals surface area (Å²) in [7, 11) is -1.76. The van der Waals surface area contributed by atoms with E-state index in [0.29, 0.717) is 25.3 Å². The van der Waals surface area contributed by atoms with E-state index < -0.39 is 16.1 Å². The van der Waals surface area contributed by atoms with Crippen molar-refractivity contribution in [2.24, 2.45) is 0 Å². The molecule has 0 spiro atoms. The first-order valence-corrected chi connectivity index (χ1v) is 12.4. The van der Waals surface area contributed by atoms with Gasteiger partial charge in [0.25, 0.3) is 0 Å². The third-order valence-corrected chi connectivity index (χ3v) is 6.50. The third-order valence-electron chi connectivity index (χ3n) is 4.37. The van der Waals surface area contributed by atoms with E-state index in [0.717, 1.165) is 6.54 Å². The van der Waals surface area contributed by atoms with Gasteiger partial charge in [0.15, 0.2) is 0 Å². The molecule has 0 aliphatic carbocycles. The minimum absolute atomic E-state index is 0.157. The van der Waals surface area contributed by atoms with Crippen LogP contribution in [0.4, 0.5) is 0 Å². The second-order valence-corrected chi connectivity index (χ2v) is 9.48. The van der Waals surface area contributed by atoms with Crippen LogP contribution in [0.15, 0.2) is 65.6 Å². The van der Waals surface area contributed by atoms with E-state index in [2.05, 4.69) is 27.1 Å². The number of benzene rings is 2. The maximum Gasteiger partial charge on any atom is 0.241 e. The number of hydrogen-bond acceptors (Lipinski definition) is 5. The molecule has 0 heterocycles. The van der Waals surface area contributed by atoms with Crippen LogP contribution in [0.2, 0.25) is 0 Å². The summed E-state index contributed by atoms with van der Waals surface area (Å²) >= 11 is 1.58. The Bertz CT molecular complexity index is 846. The number of carbonyl (C=O) groups is 1. The Kier molecular flexibility index (Phi) is 9.66. The second kappa shape index (κ2) is 12.0. The van der Waals surface area contributed by atoms with Crippen LogP contribution in [0, 0.1) is 0 Å². The number of nitrogens with zero attached hydrogens (tertiary/aromatic N) is 1. The maximum atomic E-state index is 12.6. The molecule has 0 aliphatic heterocycles. The van der Waals surface area contributed by atoms with E-state index in [9.17, 15) is 13.2 Å². The molecule has 0 bridgehead atoms. The third kappa shape index (κ3) is 8.18. The zero-order valence-electron chi connectivity index (χ0n) is 16.9. The van der Waals surface area contributed by atoms with Gasteiger partial charge in [0, 0.05) is 19.6 Å². The van der Waals surface area contributed by atoms with Gasteiger partial charge in [-0.05, 0) is 43.2 Å². The number of carbonyl (C=O) groups excluding carboxylic acids is 1. The number of nitrogens with one attached hydrogen (secondary N) is 2. The predicted octanol–water partition coefficient (Wildman–Crippen LogP) is 2.33. The molecule has 6 nitrogen and oxygen atoms in total. The van der Waals surface area contributed by atoms with Crippen molar-refractivity contribution in [2.45, 2.75) is 23.9 Å². The zero-order valence-corrected chi connectivity index (χ0v) is 18.5. The molecule has 29 heavy (non-hydrogen) atoms. The number of hydrogen-bond donors (Lipinski definition) is 2. The average Bonchev–Trinajstić information content (AvgIpc) is 2.72. The Morgan fingerprint density at radius 1 is 1.07 bits per heavy atom. The van der Waals surface area contributed by atoms with E-state index in [1.165, 1.54) is 17.7 Å². The van der Waals surface area contributed by atoms with Crippen molar-refractivity contribution in [1.29, 1.82) is 0 Å². The summed E-state index contributed by atoms with van der Waals surface area (Å²) in [6, 6.07) is 17.4. The van der Waals surface area contributed by atoms with Gasteiger partial charge in [-0.15, -0.1) is 0 Å². The molecule has 0 saturated carbocycles. The lowest BCUT2D eigenvalue weighted by molar-refractivity contribution is -0.122. The highest BCUT2D eigenvalue weighted by molar-refractivity contribution is 7.98. The van der Waals surface area contributed by atoms with Crippen molar-refractivity contribution in [3.8, 4) is 0 Å². The number of thioether (sulfide) groups is 1. The molecule has 0 radical (unpaired) electrons. The van der Waals surface area contributed by atoms with Crippen LogP contribution in [0.25, 0.3) is 0 Å². The van der Waals surface area contributed by atoms with Gasteiger partial charge < -0.3 is 10.2 Å². The predicted molar refractivity (Wildman–Crippen MR) is 119 cm³/mol. The number of sulfonamides is 1. The highest BCUT2D eigenvalue weighted by Gasteiger charge is 2.25. The lowest BCUT2D eigenvalue weighted by Crippen LogP contribution is -2.48. The maximum absolute atomic E-state index is 12.6. The van der Waals surface area contributed by atoms with Crippen LogP contribution in [-0.2, 0) is 21.4 Å². The van der Waals surface area contributed by atoms with Gasteiger partial charge in [0.1, 0.15) is 6.04 Å². The van der Waals surface area contributed by atoms with E-state index in [1.54, 1.807) is 30.0 Å². The standard InChI is InChI=1S/C21H29N3O3S2/c1-24(17-18-9-5-3-6-10-18)15-14-22-21(25)20(13-16-28-2)23-29(26,27)19-11-7-4-8-12-19/h3-12,20,23H,13-17H2,1-2H3,(H,22,25). The monoisotopic (exact) mass is 435 g/mol. The van der Waals surface area contributed by atoms with Gasteiger partial charge in [-0.25, -0.2) is 8.42 Å². The van der Waals surface area contributed by atoms with Crippen LogP contribution < -0.4 is 10.0 Å². The average molecular weight is 436 g/mol. The Morgan fingerprint density at radius 3 is 2.31 bits per heavy atom. The van der Waals surface area contributed by atoms with Gasteiger partial charge in [-0.3, -0.25) is 4.79 Å². The molecule has 0 aliphatic rings. The summed E-state index contributed by atoms with van der Waals surface area (Å²) in [5, 5.41) is 2.87. The number of rotatable bonds is 12. The van der Waals surface area contributed by atoms with Gasteiger partial charge in [0.2, 0.25) is 15.9 Å². The largest absolute Gasteiger partial charge is 0.353 e. The Balaban J connectivity index is 1.89. The number of likely N-dealkylation sites (N-methyl/N-ethyl adjacent to an activating group) is 1. The lowest BCUT2D eigenvalue weighted by Gasteiger charge is -2.20. The van der Waals surface area contributed by atoms with Gasteiger partial charge >= 0.3 is 0 Å². The normalized spacial score (nSPS) is 12.7. The van der Waals surface area contributed by atoms with Crippen LogP contribution in [0.1, 0.15) is 12.0 Å². The van der Waals surface area contributed by atoms with Crippen LogP contribution in [-0.4, -0.2) is 57.4 Å². The van der Waals surface area contributed by atoms with Crippen molar-refractivity contribution >= 4 is 27.7 Å². The fraction of sp³-hybridized carbons (Fsp3) is 0.381. The molecule has 2 N–H and O–H groups in total. The van der Waals surface area contributed by atoms with Crippen LogP contribution in [0.5, 0.6) is 0 Å². The highest BCUT2D eigenvalue weighted by Crippen LogP contribution is 2.10. The fourth-order valence-electron chi connectivity index (χ4n) is 2.80. The molecular weight excluding hydrogens is 406 g/mol. The van der Waals surface area contributed by atoms with Gasteiger partial charge in [-0.1, -0.05) is 48.5 Å². The van der Waals surface area contributed by atoms with E-state index in [1.807, 2.05) is 31.5 Å². The van der Waals surface area contributed by atoms with Crippen molar-refractivity contribution in [1.82, 2.24) is 14.9 Å². The van der Waals surface area contributed by atoms with E-state index >= 15 is 0 Å². The molecule has 2 aromatic carbocycles. The summed E-state index contributed by atoms with van der Waals surface area (Å²) in [6.07, 6.45) is 2.36. The zero-order chi connectivity index (χ0) is 21.1. The quantitative estimate of drug-likeness (QED) is 0.535. The SMILES string of the molecule is CSCCC(NS(=O)(=O)c1ccccc1)C(=O)NCCN(C)Cc1ccccc1. The molecule has 0 saturated heterocycles. The minimum atomic E-state index is -3.75. The molecule has 158 valence electrons. The van der Waals surface area contributed by atoms with Gasteiger partial charge in [-0.2, -0.15) is 16.5 Å². The van der Waals surface area contributed by atoms with E-state index in [4.69, 9.17) is 0 Å². The van der Waals surface area contributed by atoms with Gasteiger partial charge in [0.05, 0.1) is 4.90 Å². The number of amides is 1.